The summed E-state index contributed by atoms with van der Waals surface area (Å²) in [6, 6.07) is 8.43. The molecule has 0 aliphatic carbocycles. The Labute approximate surface area is 143 Å². The molecule has 0 saturated heterocycles. The van der Waals surface area contributed by atoms with Crippen LogP contribution < -0.4 is 5.32 Å². The van der Waals surface area contributed by atoms with Crippen molar-refractivity contribution in [3.63, 3.8) is 0 Å². The van der Waals surface area contributed by atoms with Crippen molar-refractivity contribution in [2.24, 2.45) is 0 Å². The first-order valence-electron chi connectivity index (χ1n) is 8.73. The maximum absolute atomic E-state index is 3.48. The standard InChI is InChI=1S/C22H33N/c1-18(2)10-8-11-19(3)12-9-13-20(4)16-17-23-22-15-7-6-14-21(22)5/h6-7,10,12,14-16,23H,8-9,11,13,17H2,1-5H3/b19-12+,20-16+. The third-order valence-electron chi connectivity index (χ3n) is 4.01. The Morgan fingerprint density at radius 3 is 2.13 bits per heavy atom. The van der Waals surface area contributed by atoms with Gasteiger partial charge in [0.25, 0.3) is 0 Å². The molecule has 1 aromatic rings. The average molecular weight is 312 g/mol. The van der Waals surface area contributed by atoms with Crippen LogP contribution in [0.3, 0.4) is 0 Å². The Hall–Kier alpha value is -1.76. The van der Waals surface area contributed by atoms with E-state index >= 15 is 0 Å². The third kappa shape index (κ3) is 9.07. The molecule has 0 spiro atoms. The molecule has 0 radical (unpaired) electrons. The molecular weight excluding hydrogens is 278 g/mol. The van der Waals surface area contributed by atoms with Crippen molar-refractivity contribution in [3.05, 3.63) is 64.8 Å². The SMILES string of the molecule is CC(C)=CCC/C(C)=C/CC/C(C)=C/CNc1ccccc1C. The Kier molecular flexibility index (Phi) is 9.12. The molecule has 1 rings (SSSR count). The molecule has 0 atom stereocenters. The molecule has 0 fully saturated rings. The zero-order chi connectivity index (χ0) is 17.1. The first-order chi connectivity index (χ1) is 11.0. The predicted octanol–water partition coefficient (Wildman–Crippen LogP) is 6.83. The third-order valence-corrected chi connectivity index (χ3v) is 4.01. The van der Waals surface area contributed by atoms with Crippen molar-refractivity contribution < 1.29 is 0 Å². The molecule has 1 nitrogen and oxygen atoms in total. The smallest absolute Gasteiger partial charge is 0.0372 e. The largest absolute Gasteiger partial charge is 0.381 e. The zero-order valence-electron chi connectivity index (χ0n) is 15.6. The number of rotatable bonds is 9. The molecule has 0 unspecified atom stereocenters. The molecule has 0 saturated carbocycles. The number of hydrogen-bond donors (Lipinski definition) is 1. The summed E-state index contributed by atoms with van der Waals surface area (Å²) in [5.41, 5.74) is 6.91. The first-order valence-corrected chi connectivity index (χ1v) is 8.73. The van der Waals surface area contributed by atoms with E-state index < -0.39 is 0 Å². The van der Waals surface area contributed by atoms with E-state index in [1.54, 1.807) is 0 Å². The summed E-state index contributed by atoms with van der Waals surface area (Å²) in [7, 11) is 0. The van der Waals surface area contributed by atoms with Gasteiger partial charge in [-0.1, -0.05) is 53.1 Å². The summed E-state index contributed by atoms with van der Waals surface area (Å²) < 4.78 is 0. The molecule has 0 bridgehead atoms. The maximum atomic E-state index is 3.48. The van der Waals surface area contributed by atoms with E-state index in [-0.39, 0.29) is 0 Å². The van der Waals surface area contributed by atoms with Crippen molar-refractivity contribution in [2.45, 2.75) is 60.3 Å². The average Bonchev–Trinajstić information content (AvgIpc) is 2.49. The minimum atomic E-state index is 0.903. The van der Waals surface area contributed by atoms with Crippen LogP contribution in [0.15, 0.2) is 59.2 Å². The fourth-order valence-corrected chi connectivity index (χ4v) is 2.45. The van der Waals surface area contributed by atoms with Crippen molar-refractivity contribution in [1.29, 1.82) is 0 Å². The van der Waals surface area contributed by atoms with E-state index in [1.165, 1.54) is 40.8 Å². The van der Waals surface area contributed by atoms with Gasteiger partial charge in [-0.15, -0.1) is 0 Å². The molecule has 1 N–H and O–H groups in total. The van der Waals surface area contributed by atoms with E-state index in [1.807, 2.05) is 0 Å². The Bertz CT molecular complexity index is 557. The molecule has 0 amide bonds. The highest BCUT2D eigenvalue weighted by Gasteiger charge is 1.95. The van der Waals surface area contributed by atoms with Crippen LogP contribution in [0, 0.1) is 6.92 Å². The summed E-state index contributed by atoms with van der Waals surface area (Å²) >= 11 is 0. The van der Waals surface area contributed by atoms with Gasteiger partial charge in [0.05, 0.1) is 0 Å². The lowest BCUT2D eigenvalue weighted by molar-refractivity contribution is 0.916. The van der Waals surface area contributed by atoms with Crippen molar-refractivity contribution >= 4 is 5.69 Å². The number of benzene rings is 1. The second-order valence-corrected chi connectivity index (χ2v) is 6.66. The molecule has 0 aromatic heterocycles. The van der Waals surface area contributed by atoms with Gasteiger partial charge in [-0.05, 0) is 71.9 Å². The molecule has 1 heteroatoms. The van der Waals surface area contributed by atoms with Crippen LogP contribution in [0.2, 0.25) is 0 Å². The van der Waals surface area contributed by atoms with Gasteiger partial charge in [-0.3, -0.25) is 0 Å². The van der Waals surface area contributed by atoms with E-state index in [9.17, 15) is 0 Å². The normalized spacial score (nSPS) is 12.2. The highest BCUT2D eigenvalue weighted by atomic mass is 14.9. The van der Waals surface area contributed by atoms with Crippen molar-refractivity contribution in [1.82, 2.24) is 0 Å². The van der Waals surface area contributed by atoms with Crippen LogP contribution in [0.1, 0.15) is 58.9 Å². The summed E-state index contributed by atoms with van der Waals surface area (Å²) in [4.78, 5) is 0. The summed E-state index contributed by atoms with van der Waals surface area (Å²) in [5.74, 6) is 0. The quantitative estimate of drug-likeness (QED) is 0.493. The van der Waals surface area contributed by atoms with Crippen molar-refractivity contribution in [3.8, 4) is 0 Å². The fourth-order valence-electron chi connectivity index (χ4n) is 2.45. The van der Waals surface area contributed by atoms with Gasteiger partial charge in [0, 0.05) is 12.2 Å². The van der Waals surface area contributed by atoms with Crippen LogP contribution in [-0.2, 0) is 0 Å². The van der Waals surface area contributed by atoms with E-state index in [2.05, 4.69) is 82.4 Å². The second kappa shape index (κ2) is 10.9. The van der Waals surface area contributed by atoms with Crippen LogP contribution >= 0.6 is 0 Å². The number of anilines is 1. The zero-order valence-corrected chi connectivity index (χ0v) is 15.6. The maximum Gasteiger partial charge on any atom is 0.0372 e. The Morgan fingerprint density at radius 2 is 1.48 bits per heavy atom. The summed E-state index contributed by atoms with van der Waals surface area (Å²) in [6.45, 7) is 11.8. The van der Waals surface area contributed by atoms with Gasteiger partial charge in [0.2, 0.25) is 0 Å². The van der Waals surface area contributed by atoms with E-state index in [4.69, 9.17) is 0 Å². The molecule has 23 heavy (non-hydrogen) atoms. The first kappa shape index (κ1) is 19.3. The van der Waals surface area contributed by atoms with Gasteiger partial charge in [-0.25, -0.2) is 0 Å². The number of para-hydroxylation sites is 1. The lowest BCUT2D eigenvalue weighted by Gasteiger charge is -2.07. The Morgan fingerprint density at radius 1 is 0.870 bits per heavy atom. The van der Waals surface area contributed by atoms with Crippen molar-refractivity contribution in [2.75, 3.05) is 11.9 Å². The monoisotopic (exact) mass is 311 g/mol. The van der Waals surface area contributed by atoms with E-state index in [0.717, 1.165) is 19.4 Å². The number of nitrogens with one attached hydrogen (secondary N) is 1. The molecule has 126 valence electrons. The predicted molar refractivity (Wildman–Crippen MR) is 105 cm³/mol. The second-order valence-electron chi connectivity index (χ2n) is 6.66. The molecular formula is C22H33N. The molecule has 0 heterocycles. The van der Waals surface area contributed by atoms with Gasteiger partial charge in [-0.2, -0.15) is 0 Å². The van der Waals surface area contributed by atoms with Crippen LogP contribution in [0.25, 0.3) is 0 Å². The van der Waals surface area contributed by atoms with Gasteiger partial charge in [0.1, 0.15) is 0 Å². The lowest BCUT2D eigenvalue weighted by Crippen LogP contribution is -2.00. The number of aryl methyl sites for hydroxylation is 1. The molecule has 0 aliphatic rings. The van der Waals surface area contributed by atoms with E-state index in [0.29, 0.717) is 0 Å². The lowest BCUT2D eigenvalue weighted by atomic mass is 10.1. The van der Waals surface area contributed by atoms with Gasteiger partial charge >= 0.3 is 0 Å². The highest BCUT2D eigenvalue weighted by molar-refractivity contribution is 5.50. The Balaban J connectivity index is 2.29. The minimum Gasteiger partial charge on any atom is -0.381 e. The molecule has 0 aliphatic heterocycles. The summed E-state index contributed by atoms with van der Waals surface area (Å²) in [5, 5.41) is 3.48. The topological polar surface area (TPSA) is 12.0 Å². The minimum absolute atomic E-state index is 0.903. The number of allylic oxidation sites excluding steroid dienone is 5. The molecule has 1 aromatic carbocycles. The number of hydrogen-bond acceptors (Lipinski definition) is 1. The van der Waals surface area contributed by atoms with Crippen LogP contribution in [0.5, 0.6) is 0 Å². The van der Waals surface area contributed by atoms with Crippen LogP contribution in [0.4, 0.5) is 5.69 Å². The van der Waals surface area contributed by atoms with Crippen LogP contribution in [-0.4, -0.2) is 6.54 Å². The highest BCUT2D eigenvalue weighted by Crippen LogP contribution is 2.14. The summed E-state index contributed by atoms with van der Waals surface area (Å²) in [6.07, 6.45) is 11.7. The fraction of sp³-hybridized carbons (Fsp3) is 0.455. The van der Waals surface area contributed by atoms with Gasteiger partial charge < -0.3 is 5.32 Å². The van der Waals surface area contributed by atoms with Gasteiger partial charge in [0.15, 0.2) is 0 Å².